The van der Waals surface area contributed by atoms with Gasteiger partial charge in [0.25, 0.3) is 0 Å². The Labute approximate surface area is 111 Å². The number of hydrogen-bond donors (Lipinski definition) is 1. The van der Waals surface area contributed by atoms with Crippen LogP contribution < -0.4 is 5.32 Å². The minimum atomic E-state index is -0.671. The normalized spacial score (nSPS) is 11.8. The van der Waals surface area contributed by atoms with Crippen molar-refractivity contribution in [3.63, 3.8) is 0 Å². The molecule has 4 heteroatoms. The number of halogens is 1. The van der Waals surface area contributed by atoms with Gasteiger partial charge >= 0.3 is 0 Å². The van der Waals surface area contributed by atoms with Crippen LogP contribution in [0.5, 0.6) is 0 Å². The standard InChI is InChI=1S/C14H13ClN2O/c15-13(11-6-2-1-3-7-11)14(18)17-10-12-8-4-5-9-16-12/h1-9,13H,10H2,(H,17,18). The molecule has 1 aromatic heterocycles. The topological polar surface area (TPSA) is 42.0 Å². The van der Waals surface area contributed by atoms with Gasteiger partial charge in [-0.1, -0.05) is 36.4 Å². The van der Waals surface area contributed by atoms with Crippen molar-refractivity contribution < 1.29 is 4.79 Å². The van der Waals surface area contributed by atoms with Crippen LogP contribution in [0.15, 0.2) is 54.7 Å². The lowest BCUT2D eigenvalue weighted by molar-refractivity contribution is -0.121. The van der Waals surface area contributed by atoms with Crippen molar-refractivity contribution in [1.29, 1.82) is 0 Å². The molecule has 0 saturated heterocycles. The first-order chi connectivity index (χ1) is 8.77. The molecule has 92 valence electrons. The molecule has 0 saturated carbocycles. The predicted octanol–water partition coefficient (Wildman–Crippen LogP) is 2.68. The number of pyridine rings is 1. The minimum absolute atomic E-state index is 0.214. The van der Waals surface area contributed by atoms with Gasteiger partial charge in [0.2, 0.25) is 5.91 Å². The zero-order valence-corrected chi connectivity index (χ0v) is 10.5. The van der Waals surface area contributed by atoms with E-state index in [0.29, 0.717) is 6.54 Å². The van der Waals surface area contributed by atoms with Crippen molar-refractivity contribution >= 4 is 17.5 Å². The van der Waals surface area contributed by atoms with Crippen molar-refractivity contribution in [3.05, 3.63) is 66.0 Å². The smallest absolute Gasteiger partial charge is 0.242 e. The van der Waals surface area contributed by atoms with E-state index in [1.165, 1.54) is 0 Å². The molecule has 2 rings (SSSR count). The van der Waals surface area contributed by atoms with E-state index in [2.05, 4.69) is 10.3 Å². The van der Waals surface area contributed by atoms with Crippen LogP contribution in [0.25, 0.3) is 0 Å². The Bertz CT molecular complexity index is 502. The minimum Gasteiger partial charge on any atom is -0.349 e. The fourth-order valence-corrected chi connectivity index (χ4v) is 1.77. The van der Waals surface area contributed by atoms with Crippen LogP contribution in [0, 0.1) is 0 Å². The van der Waals surface area contributed by atoms with Crippen LogP contribution in [-0.2, 0) is 11.3 Å². The second-order valence-electron chi connectivity index (χ2n) is 3.81. The molecule has 0 bridgehead atoms. The monoisotopic (exact) mass is 260 g/mol. The number of rotatable bonds is 4. The van der Waals surface area contributed by atoms with Gasteiger partial charge in [-0.05, 0) is 17.7 Å². The number of carbonyl (C=O) groups excluding carboxylic acids is 1. The maximum absolute atomic E-state index is 11.8. The Morgan fingerprint density at radius 2 is 1.89 bits per heavy atom. The van der Waals surface area contributed by atoms with Crippen LogP contribution in [0.4, 0.5) is 0 Å². The molecule has 0 aliphatic heterocycles. The average Bonchev–Trinajstić information content (AvgIpc) is 2.46. The van der Waals surface area contributed by atoms with E-state index < -0.39 is 5.38 Å². The van der Waals surface area contributed by atoms with E-state index in [4.69, 9.17) is 11.6 Å². The number of nitrogens with one attached hydrogen (secondary N) is 1. The number of hydrogen-bond acceptors (Lipinski definition) is 2. The lowest BCUT2D eigenvalue weighted by atomic mass is 10.1. The lowest BCUT2D eigenvalue weighted by Crippen LogP contribution is -2.26. The third-order valence-electron chi connectivity index (χ3n) is 2.49. The highest BCUT2D eigenvalue weighted by molar-refractivity contribution is 6.30. The molecule has 0 fully saturated rings. The number of nitrogens with zero attached hydrogens (tertiary/aromatic N) is 1. The molecular formula is C14H13ClN2O. The molecule has 2 aromatic rings. The van der Waals surface area contributed by atoms with Crippen molar-refractivity contribution in [2.24, 2.45) is 0 Å². The summed E-state index contributed by atoms with van der Waals surface area (Å²) in [4.78, 5) is 16.0. The zero-order valence-electron chi connectivity index (χ0n) is 9.71. The van der Waals surface area contributed by atoms with Gasteiger partial charge in [-0.3, -0.25) is 9.78 Å². The van der Waals surface area contributed by atoms with Crippen LogP contribution >= 0.6 is 11.6 Å². The van der Waals surface area contributed by atoms with Crippen molar-refractivity contribution in [2.45, 2.75) is 11.9 Å². The summed E-state index contributed by atoms with van der Waals surface area (Å²) >= 11 is 6.09. The fourth-order valence-electron chi connectivity index (χ4n) is 1.54. The van der Waals surface area contributed by atoms with Crippen LogP contribution in [0.3, 0.4) is 0 Å². The number of benzene rings is 1. The second-order valence-corrected chi connectivity index (χ2v) is 4.25. The van der Waals surface area contributed by atoms with Crippen molar-refractivity contribution in [2.75, 3.05) is 0 Å². The molecular weight excluding hydrogens is 248 g/mol. The molecule has 0 spiro atoms. The van der Waals surface area contributed by atoms with Gasteiger partial charge in [-0.15, -0.1) is 11.6 Å². The zero-order chi connectivity index (χ0) is 12.8. The molecule has 1 unspecified atom stereocenters. The highest BCUT2D eigenvalue weighted by atomic mass is 35.5. The predicted molar refractivity (Wildman–Crippen MR) is 71.1 cm³/mol. The van der Waals surface area contributed by atoms with E-state index in [-0.39, 0.29) is 5.91 Å². The summed E-state index contributed by atoms with van der Waals surface area (Å²) in [7, 11) is 0. The lowest BCUT2D eigenvalue weighted by Gasteiger charge is -2.10. The Morgan fingerprint density at radius 1 is 1.17 bits per heavy atom. The SMILES string of the molecule is O=C(NCc1ccccn1)C(Cl)c1ccccc1. The first kappa shape index (κ1) is 12.6. The second kappa shape index (κ2) is 6.17. The maximum Gasteiger partial charge on any atom is 0.242 e. The molecule has 0 radical (unpaired) electrons. The largest absolute Gasteiger partial charge is 0.349 e. The summed E-state index contributed by atoms with van der Waals surface area (Å²) in [5.74, 6) is -0.214. The molecule has 1 atom stereocenters. The van der Waals surface area contributed by atoms with E-state index in [1.807, 2.05) is 48.5 Å². The summed E-state index contributed by atoms with van der Waals surface area (Å²) in [6, 6.07) is 14.8. The highest BCUT2D eigenvalue weighted by Crippen LogP contribution is 2.19. The Hall–Kier alpha value is -1.87. The van der Waals surface area contributed by atoms with Gasteiger partial charge in [0, 0.05) is 6.20 Å². The highest BCUT2D eigenvalue weighted by Gasteiger charge is 2.16. The van der Waals surface area contributed by atoms with E-state index in [1.54, 1.807) is 6.20 Å². The van der Waals surface area contributed by atoms with Crippen molar-refractivity contribution in [1.82, 2.24) is 10.3 Å². The Kier molecular flexibility index (Phi) is 4.31. The number of amides is 1. The van der Waals surface area contributed by atoms with E-state index in [9.17, 15) is 4.79 Å². The van der Waals surface area contributed by atoms with Crippen LogP contribution in [0.1, 0.15) is 16.6 Å². The molecule has 1 aromatic carbocycles. The summed E-state index contributed by atoms with van der Waals surface area (Å²) < 4.78 is 0. The third-order valence-corrected chi connectivity index (χ3v) is 2.94. The summed E-state index contributed by atoms with van der Waals surface area (Å²) in [6.07, 6.45) is 1.69. The van der Waals surface area contributed by atoms with Gasteiger partial charge < -0.3 is 5.32 Å². The summed E-state index contributed by atoms with van der Waals surface area (Å²) in [6.45, 7) is 0.385. The van der Waals surface area contributed by atoms with Crippen LogP contribution in [-0.4, -0.2) is 10.9 Å². The average molecular weight is 261 g/mol. The van der Waals surface area contributed by atoms with Gasteiger partial charge in [0.15, 0.2) is 0 Å². The summed E-state index contributed by atoms with van der Waals surface area (Å²) in [5, 5.41) is 2.09. The van der Waals surface area contributed by atoms with Crippen molar-refractivity contribution in [3.8, 4) is 0 Å². The molecule has 0 aliphatic carbocycles. The first-order valence-electron chi connectivity index (χ1n) is 5.64. The maximum atomic E-state index is 11.8. The van der Waals surface area contributed by atoms with Crippen LogP contribution in [0.2, 0.25) is 0 Å². The number of aromatic nitrogens is 1. The third kappa shape index (κ3) is 3.31. The Morgan fingerprint density at radius 3 is 2.56 bits per heavy atom. The fraction of sp³-hybridized carbons (Fsp3) is 0.143. The molecule has 3 nitrogen and oxygen atoms in total. The number of carbonyl (C=O) groups is 1. The van der Waals surface area contributed by atoms with Gasteiger partial charge in [-0.2, -0.15) is 0 Å². The van der Waals surface area contributed by atoms with E-state index >= 15 is 0 Å². The van der Waals surface area contributed by atoms with Gasteiger partial charge in [0.05, 0.1) is 12.2 Å². The van der Waals surface area contributed by atoms with Gasteiger partial charge in [0.1, 0.15) is 5.38 Å². The molecule has 1 amide bonds. The number of alkyl halides is 1. The molecule has 1 N–H and O–H groups in total. The first-order valence-corrected chi connectivity index (χ1v) is 6.07. The molecule has 1 heterocycles. The Balaban J connectivity index is 1.93. The summed E-state index contributed by atoms with van der Waals surface area (Å²) in [5.41, 5.74) is 1.60. The molecule has 0 aliphatic rings. The van der Waals surface area contributed by atoms with Gasteiger partial charge in [-0.25, -0.2) is 0 Å². The van der Waals surface area contributed by atoms with E-state index in [0.717, 1.165) is 11.3 Å². The molecule has 18 heavy (non-hydrogen) atoms. The quantitative estimate of drug-likeness (QED) is 0.859.